The van der Waals surface area contributed by atoms with Crippen molar-refractivity contribution in [2.45, 2.75) is 19.9 Å². The van der Waals surface area contributed by atoms with Gasteiger partial charge in [0.15, 0.2) is 5.69 Å². The van der Waals surface area contributed by atoms with E-state index in [1.165, 1.54) is 6.20 Å². The summed E-state index contributed by atoms with van der Waals surface area (Å²) in [4.78, 5) is 11.5. The van der Waals surface area contributed by atoms with Crippen molar-refractivity contribution in [3.63, 3.8) is 0 Å². The van der Waals surface area contributed by atoms with Gasteiger partial charge in [-0.05, 0) is 5.92 Å². The van der Waals surface area contributed by atoms with Crippen LogP contribution in [0.15, 0.2) is 6.20 Å². The van der Waals surface area contributed by atoms with Crippen molar-refractivity contribution in [3.8, 4) is 0 Å². The van der Waals surface area contributed by atoms with Crippen LogP contribution in [0.5, 0.6) is 0 Å². The minimum atomic E-state index is -0.252. The highest BCUT2D eigenvalue weighted by molar-refractivity contribution is 6.18. The van der Waals surface area contributed by atoms with Crippen LogP contribution in [0.2, 0.25) is 0 Å². The Bertz CT molecular complexity index is 286. The number of aromatic amines is 1. The zero-order chi connectivity index (χ0) is 10.6. The molecule has 1 unspecified atom stereocenters. The van der Waals surface area contributed by atoms with Crippen LogP contribution >= 0.6 is 11.6 Å². The quantitative estimate of drug-likeness (QED) is 0.732. The van der Waals surface area contributed by atoms with Gasteiger partial charge in [-0.25, -0.2) is 0 Å². The van der Waals surface area contributed by atoms with Gasteiger partial charge in [-0.15, -0.1) is 11.6 Å². The summed E-state index contributed by atoms with van der Waals surface area (Å²) in [5, 5.41) is 12.4. The molecule has 1 rings (SSSR count). The van der Waals surface area contributed by atoms with E-state index in [2.05, 4.69) is 20.7 Å². The Morgan fingerprint density at radius 1 is 1.71 bits per heavy atom. The number of hydrogen-bond acceptors (Lipinski definition) is 3. The Balaban J connectivity index is 2.56. The van der Waals surface area contributed by atoms with Crippen LogP contribution < -0.4 is 5.32 Å². The van der Waals surface area contributed by atoms with E-state index in [-0.39, 0.29) is 17.6 Å². The van der Waals surface area contributed by atoms with E-state index in [1.807, 2.05) is 13.8 Å². The Morgan fingerprint density at radius 2 is 2.43 bits per heavy atom. The molecule has 0 saturated heterocycles. The third-order valence-electron chi connectivity index (χ3n) is 1.94. The molecule has 1 amide bonds. The molecular weight excluding hydrogens is 204 g/mol. The molecule has 6 heteroatoms. The number of rotatable bonds is 4. The van der Waals surface area contributed by atoms with Crippen molar-refractivity contribution in [1.29, 1.82) is 0 Å². The predicted octanol–water partition coefficient (Wildman–Crippen LogP) is 0.798. The van der Waals surface area contributed by atoms with Gasteiger partial charge in [-0.2, -0.15) is 15.4 Å². The van der Waals surface area contributed by atoms with Gasteiger partial charge >= 0.3 is 0 Å². The maximum atomic E-state index is 11.5. The van der Waals surface area contributed by atoms with Crippen LogP contribution in [0.3, 0.4) is 0 Å². The van der Waals surface area contributed by atoms with Gasteiger partial charge in [0.1, 0.15) is 0 Å². The fraction of sp³-hybridized carbons (Fsp3) is 0.625. The molecule has 14 heavy (non-hydrogen) atoms. The maximum Gasteiger partial charge on any atom is 0.273 e. The Labute approximate surface area is 87.2 Å². The van der Waals surface area contributed by atoms with Crippen molar-refractivity contribution in [3.05, 3.63) is 11.9 Å². The van der Waals surface area contributed by atoms with Crippen LogP contribution in [0.1, 0.15) is 24.3 Å². The van der Waals surface area contributed by atoms with E-state index in [9.17, 15) is 4.79 Å². The van der Waals surface area contributed by atoms with Crippen LogP contribution in [0.25, 0.3) is 0 Å². The number of H-pyrrole nitrogens is 1. The molecule has 1 aromatic rings. The number of halogens is 1. The van der Waals surface area contributed by atoms with Crippen LogP contribution in [-0.2, 0) is 0 Å². The van der Waals surface area contributed by atoms with Crippen LogP contribution in [0.4, 0.5) is 0 Å². The molecule has 0 saturated carbocycles. The predicted molar refractivity (Wildman–Crippen MR) is 53.2 cm³/mol. The minimum Gasteiger partial charge on any atom is -0.346 e. The lowest BCUT2D eigenvalue weighted by molar-refractivity contribution is 0.0926. The second-order valence-corrected chi connectivity index (χ2v) is 3.64. The molecule has 1 heterocycles. The Hall–Kier alpha value is -1.10. The molecule has 2 N–H and O–H groups in total. The summed E-state index contributed by atoms with van der Waals surface area (Å²) in [7, 11) is 0. The number of amides is 1. The summed E-state index contributed by atoms with van der Waals surface area (Å²) in [5.41, 5.74) is 0.278. The third kappa shape index (κ3) is 2.70. The fourth-order valence-electron chi connectivity index (χ4n) is 0.937. The molecular formula is C8H13ClN4O. The highest BCUT2D eigenvalue weighted by atomic mass is 35.5. The SMILES string of the molecule is CC(C)C(CCl)NC(=O)c1cn[nH]n1. The summed E-state index contributed by atoms with van der Waals surface area (Å²) in [6, 6.07) is -0.0409. The second-order valence-electron chi connectivity index (χ2n) is 3.33. The monoisotopic (exact) mass is 216 g/mol. The molecule has 1 aromatic heterocycles. The van der Waals surface area contributed by atoms with E-state index in [0.29, 0.717) is 11.8 Å². The van der Waals surface area contributed by atoms with Crippen molar-refractivity contribution in [2.24, 2.45) is 5.92 Å². The minimum absolute atomic E-state index is 0.0409. The zero-order valence-electron chi connectivity index (χ0n) is 8.12. The number of aromatic nitrogens is 3. The van der Waals surface area contributed by atoms with E-state index < -0.39 is 0 Å². The molecule has 0 spiro atoms. The van der Waals surface area contributed by atoms with E-state index in [4.69, 9.17) is 11.6 Å². The first-order valence-corrected chi connectivity index (χ1v) is 4.91. The average Bonchev–Trinajstić information content (AvgIpc) is 2.65. The first-order chi connectivity index (χ1) is 6.65. The topological polar surface area (TPSA) is 70.7 Å². The lowest BCUT2D eigenvalue weighted by Crippen LogP contribution is -2.40. The van der Waals surface area contributed by atoms with Gasteiger partial charge in [0.25, 0.3) is 5.91 Å². The van der Waals surface area contributed by atoms with Gasteiger partial charge in [-0.1, -0.05) is 13.8 Å². The summed E-state index contributed by atoms with van der Waals surface area (Å²) in [5.74, 6) is 0.433. The highest BCUT2D eigenvalue weighted by Crippen LogP contribution is 2.04. The second kappa shape index (κ2) is 4.95. The molecule has 0 aliphatic heterocycles. The van der Waals surface area contributed by atoms with Crippen LogP contribution in [0, 0.1) is 5.92 Å². The Morgan fingerprint density at radius 3 is 2.86 bits per heavy atom. The van der Waals surface area contributed by atoms with Crippen LogP contribution in [-0.4, -0.2) is 33.2 Å². The molecule has 5 nitrogen and oxygen atoms in total. The van der Waals surface area contributed by atoms with Gasteiger partial charge in [-0.3, -0.25) is 4.79 Å². The van der Waals surface area contributed by atoms with E-state index >= 15 is 0 Å². The number of hydrogen-bond donors (Lipinski definition) is 2. The summed E-state index contributed by atoms with van der Waals surface area (Å²) in [6.45, 7) is 3.99. The van der Waals surface area contributed by atoms with E-state index in [0.717, 1.165) is 0 Å². The molecule has 0 aromatic carbocycles. The molecule has 0 aliphatic rings. The van der Waals surface area contributed by atoms with Crippen molar-refractivity contribution >= 4 is 17.5 Å². The lowest BCUT2D eigenvalue weighted by atomic mass is 10.1. The molecule has 1 atom stereocenters. The molecule has 78 valence electrons. The number of nitrogens with one attached hydrogen (secondary N) is 2. The van der Waals surface area contributed by atoms with Gasteiger partial charge in [0.2, 0.25) is 0 Å². The molecule has 0 radical (unpaired) electrons. The first kappa shape index (κ1) is 11.0. The van der Waals surface area contributed by atoms with Gasteiger partial charge in [0.05, 0.1) is 6.20 Å². The first-order valence-electron chi connectivity index (χ1n) is 4.37. The molecule has 0 bridgehead atoms. The number of carbonyl (C=O) groups is 1. The number of alkyl halides is 1. The largest absolute Gasteiger partial charge is 0.346 e. The normalized spacial score (nSPS) is 12.9. The van der Waals surface area contributed by atoms with Crippen molar-refractivity contribution in [2.75, 3.05) is 5.88 Å². The summed E-state index contributed by atoms with van der Waals surface area (Å²) < 4.78 is 0. The lowest BCUT2D eigenvalue weighted by Gasteiger charge is -2.18. The standard InChI is InChI=1S/C8H13ClN4O/c1-5(2)6(3-9)11-8(14)7-4-10-13-12-7/h4-6H,3H2,1-2H3,(H,11,14)(H,10,12,13). The number of nitrogens with zero attached hydrogens (tertiary/aromatic N) is 2. The maximum absolute atomic E-state index is 11.5. The molecule has 0 fully saturated rings. The average molecular weight is 217 g/mol. The highest BCUT2D eigenvalue weighted by Gasteiger charge is 2.17. The van der Waals surface area contributed by atoms with Gasteiger partial charge in [0, 0.05) is 11.9 Å². The number of carbonyl (C=O) groups excluding carboxylic acids is 1. The molecule has 0 aliphatic carbocycles. The van der Waals surface area contributed by atoms with Crippen molar-refractivity contribution < 1.29 is 4.79 Å². The fourth-order valence-corrected chi connectivity index (χ4v) is 1.37. The van der Waals surface area contributed by atoms with Crippen molar-refractivity contribution in [1.82, 2.24) is 20.7 Å². The van der Waals surface area contributed by atoms with E-state index in [1.54, 1.807) is 0 Å². The Kier molecular flexibility index (Phi) is 3.88. The summed E-state index contributed by atoms with van der Waals surface area (Å²) >= 11 is 5.71. The smallest absolute Gasteiger partial charge is 0.273 e. The van der Waals surface area contributed by atoms with Gasteiger partial charge < -0.3 is 5.32 Å². The third-order valence-corrected chi connectivity index (χ3v) is 2.27. The zero-order valence-corrected chi connectivity index (χ0v) is 8.88. The summed E-state index contributed by atoms with van der Waals surface area (Å²) in [6.07, 6.45) is 1.38.